The molecule has 2 aliphatic rings. The third kappa shape index (κ3) is 3.07. The number of aromatic nitrogens is 2. The van der Waals surface area contributed by atoms with Crippen LogP contribution in [-0.4, -0.2) is 53.5 Å². The van der Waals surface area contributed by atoms with Crippen molar-refractivity contribution < 1.29 is 0 Å². The van der Waals surface area contributed by atoms with Gasteiger partial charge >= 0.3 is 0 Å². The molecule has 110 valence electrons. The summed E-state index contributed by atoms with van der Waals surface area (Å²) < 4.78 is 0. The lowest BCUT2D eigenvalue weighted by Crippen LogP contribution is -2.47. The molecule has 0 spiro atoms. The van der Waals surface area contributed by atoms with Crippen LogP contribution in [0.25, 0.3) is 0 Å². The fourth-order valence-corrected chi connectivity index (χ4v) is 3.50. The molecule has 0 unspecified atom stereocenters. The van der Waals surface area contributed by atoms with Gasteiger partial charge in [0, 0.05) is 49.9 Å². The first-order valence-electron chi connectivity index (χ1n) is 7.74. The number of halogens is 1. The highest BCUT2D eigenvalue weighted by molar-refractivity contribution is 6.18. The van der Waals surface area contributed by atoms with Crippen LogP contribution in [0.3, 0.4) is 0 Å². The largest absolute Gasteiger partial charge is 0.354 e. The second-order valence-corrected chi connectivity index (χ2v) is 6.08. The predicted octanol–water partition coefficient (Wildman–Crippen LogP) is 2.11. The van der Waals surface area contributed by atoms with Crippen molar-refractivity contribution in [3.63, 3.8) is 0 Å². The molecule has 3 rings (SSSR count). The van der Waals surface area contributed by atoms with E-state index >= 15 is 0 Å². The Morgan fingerprint density at radius 1 is 1.00 bits per heavy atom. The Morgan fingerprint density at radius 2 is 1.80 bits per heavy atom. The zero-order valence-electron chi connectivity index (χ0n) is 12.0. The molecule has 5 heteroatoms. The van der Waals surface area contributed by atoms with Gasteiger partial charge in [-0.2, -0.15) is 0 Å². The third-order valence-electron chi connectivity index (χ3n) is 4.42. The Bertz CT molecular complexity index is 443. The molecule has 1 fully saturated rings. The molecule has 0 aromatic carbocycles. The van der Waals surface area contributed by atoms with Crippen LogP contribution in [0.5, 0.6) is 0 Å². The van der Waals surface area contributed by atoms with Crippen LogP contribution in [0.15, 0.2) is 6.33 Å². The van der Waals surface area contributed by atoms with E-state index in [9.17, 15) is 0 Å². The van der Waals surface area contributed by atoms with Crippen molar-refractivity contribution in [3.8, 4) is 0 Å². The lowest BCUT2D eigenvalue weighted by atomic mass is 10.1. The summed E-state index contributed by atoms with van der Waals surface area (Å²) in [6.45, 7) is 5.29. The highest BCUT2D eigenvalue weighted by Gasteiger charge is 2.22. The van der Waals surface area contributed by atoms with Crippen molar-refractivity contribution in [2.75, 3.05) is 43.5 Å². The first-order chi connectivity index (χ1) is 9.88. The maximum Gasteiger partial charge on any atom is 0.135 e. The quantitative estimate of drug-likeness (QED) is 0.631. The van der Waals surface area contributed by atoms with Gasteiger partial charge in [0.1, 0.15) is 12.1 Å². The molecule has 1 aromatic rings. The smallest absolute Gasteiger partial charge is 0.135 e. The van der Waals surface area contributed by atoms with E-state index in [1.54, 1.807) is 6.33 Å². The third-order valence-corrected chi connectivity index (χ3v) is 4.59. The van der Waals surface area contributed by atoms with Gasteiger partial charge < -0.3 is 4.90 Å². The van der Waals surface area contributed by atoms with Crippen molar-refractivity contribution in [3.05, 3.63) is 17.6 Å². The van der Waals surface area contributed by atoms with Gasteiger partial charge in [0.2, 0.25) is 0 Å². The minimum absolute atomic E-state index is 0.725. The average molecular weight is 295 g/mol. The zero-order valence-corrected chi connectivity index (χ0v) is 12.8. The summed E-state index contributed by atoms with van der Waals surface area (Å²) in [6, 6.07) is 0. The molecular formula is C15H23ClN4. The van der Waals surface area contributed by atoms with Gasteiger partial charge in [0.25, 0.3) is 0 Å². The van der Waals surface area contributed by atoms with E-state index in [1.165, 1.54) is 36.3 Å². The zero-order chi connectivity index (χ0) is 13.8. The summed E-state index contributed by atoms with van der Waals surface area (Å²) in [6.07, 6.45) is 7.89. The second kappa shape index (κ2) is 6.72. The molecule has 0 amide bonds. The van der Waals surface area contributed by atoms with Gasteiger partial charge in [0.15, 0.2) is 0 Å². The molecule has 0 bridgehead atoms. The van der Waals surface area contributed by atoms with Crippen molar-refractivity contribution in [1.82, 2.24) is 14.9 Å². The van der Waals surface area contributed by atoms with Gasteiger partial charge in [-0.3, -0.25) is 4.90 Å². The number of alkyl halides is 1. The molecule has 20 heavy (non-hydrogen) atoms. The molecule has 4 nitrogen and oxygen atoms in total. The predicted molar refractivity (Wildman–Crippen MR) is 82.7 cm³/mol. The van der Waals surface area contributed by atoms with Gasteiger partial charge in [0.05, 0.1) is 0 Å². The minimum Gasteiger partial charge on any atom is -0.354 e. The number of anilines is 1. The number of hydrogen-bond acceptors (Lipinski definition) is 4. The van der Waals surface area contributed by atoms with Crippen molar-refractivity contribution in [1.29, 1.82) is 0 Å². The second-order valence-electron chi connectivity index (χ2n) is 5.70. The molecule has 1 aliphatic carbocycles. The van der Waals surface area contributed by atoms with E-state index < -0.39 is 0 Å². The number of fused-ring (bicyclic) bond motifs is 1. The number of aryl methyl sites for hydroxylation is 1. The lowest BCUT2D eigenvalue weighted by Gasteiger charge is -2.36. The highest BCUT2D eigenvalue weighted by Crippen LogP contribution is 2.27. The fourth-order valence-electron chi connectivity index (χ4n) is 3.26. The summed E-state index contributed by atoms with van der Waals surface area (Å²) >= 11 is 5.83. The molecule has 2 heterocycles. The van der Waals surface area contributed by atoms with E-state index in [0.29, 0.717) is 0 Å². The Labute approximate surface area is 126 Å². The van der Waals surface area contributed by atoms with Gasteiger partial charge in [-0.1, -0.05) is 6.42 Å². The van der Waals surface area contributed by atoms with Crippen molar-refractivity contribution in [2.45, 2.75) is 32.1 Å². The Kier molecular flexibility index (Phi) is 4.73. The average Bonchev–Trinajstić information content (AvgIpc) is 2.73. The molecular weight excluding hydrogens is 272 g/mol. The summed E-state index contributed by atoms with van der Waals surface area (Å²) in [4.78, 5) is 14.0. The maximum atomic E-state index is 5.83. The number of hydrogen-bond donors (Lipinski definition) is 0. The summed E-state index contributed by atoms with van der Waals surface area (Å²) in [7, 11) is 0. The topological polar surface area (TPSA) is 32.3 Å². The molecule has 0 N–H and O–H groups in total. The molecule has 0 atom stereocenters. The Balaban J connectivity index is 1.74. The standard InChI is InChI=1S/C15H23ClN4/c16-6-7-19-8-10-20(11-9-19)15-13-4-2-1-3-5-14(13)17-12-18-15/h12H,1-11H2. The molecule has 0 saturated carbocycles. The van der Waals surface area contributed by atoms with Crippen LogP contribution in [0.1, 0.15) is 30.5 Å². The van der Waals surface area contributed by atoms with E-state index in [2.05, 4.69) is 19.8 Å². The van der Waals surface area contributed by atoms with Crippen LogP contribution >= 0.6 is 11.6 Å². The van der Waals surface area contributed by atoms with Crippen LogP contribution < -0.4 is 4.90 Å². The number of piperazine rings is 1. The van der Waals surface area contributed by atoms with Gasteiger partial charge in [-0.15, -0.1) is 11.6 Å². The molecule has 1 saturated heterocycles. The van der Waals surface area contributed by atoms with Gasteiger partial charge in [-0.05, 0) is 25.7 Å². The van der Waals surface area contributed by atoms with E-state index in [1.807, 2.05) is 0 Å². The maximum absolute atomic E-state index is 5.83. The lowest BCUT2D eigenvalue weighted by molar-refractivity contribution is 0.272. The number of nitrogens with zero attached hydrogens (tertiary/aromatic N) is 4. The number of rotatable bonds is 3. The molecule has 1 aliphatic heterocycles. The minimum atomic E-state index is 0.725. The Morgan fingerprint density at radius 3 is 2.60 bits per heavy atom. The SMILES string of the molecule is ClCCN1CCN(c2ncnc3c2CCCCC3)CC1. The van der Waals surface area contributed by atoms with Crippen molar-refractivity contribution >= 4 is 17.4 Å². The van der Waals surface area contributed by atoms with Gasteiger partial charge in [-0.25, -0.2) is 9.97 Å². The summed E-state index contributed by atoms with van der Waals surface area (Å²) in [5, 5.41) is 0. The fraction of sp³-hybridized carbons (Fsp3) is 0.733. The van der Waals surface area contributed by atoms with Crippen LogP contribution in [0.2, 0.25) is 0 Å². The van der Waals surface area contributed by atoms with Crippen molar-refractivity contribution in [2.24, 2.45) is 0 Å². The highest BCUT2D eigenvalue weighted by atomic mass is 35.5. The van der Waals surface area contributed by atoms with E-state index in [-0.39, 0.29) is 0 Å². The van der Waals surface area contributed by atoms with Crippen LogP contribution in [0, 0.1) is 0 Å². The van der Waals surface area contributed by atoms with E-state index in [4.69, 9.17) is 11.6 Å². The first-order valence-corrected chi connectivity index (χ1v) is 8.28. The monoisotopic (exact) mass is 294 g/mol. The summed E-state index contributed by atoms with van der Waals surface area (Å²) in [5.41, 5.74) is 2.70. The molecule has 1 aromatic heterocycles. The molecule has 0 radical (unpaired) electrons. The normalized spacial score (nSPS) is 20.6. The Hall–Kier alpha value is -0.870. The van der Waals surface area contributed by atoms with Crippen LogP contribution in [-0.2, 0) is 12.8 Å². The van der Waals surface area contributed by atoms with E-state index in [0.717, 1.165) is 51.4 Å². The summed E-state index contributed by atoms with van der Waals surface area (Å²) in [5.74, 6) is 1.92. The van der Waals surface area contributed by atoms with Crippen LogP contribution in [0.4, 0.5) is 5.82 Å². The first kappa shape index (κ1) is 14.1.